The van der Waals surface area contributed by atoms with Gasteiger partial charge in [-0.25, -0.2) is 8.42 Å². The van der Waals surface area contributed by atoms with E-state index in [0.29, 0.717) is 12.2 Å². The quantitative estimate of drug-likeness (QED) is 0.814. The maximum atomic E-state index is 12.6. The number of H-pyrrole nitrogens is 1. The molecule has 20 heavy (non-hydrogen) atoms. The summed E-state index contributed by atoms with van der Waals surface area (Å²) in [5.74, 6) is 0. The lowest BCUT2D eigenvalue weighted by Crippen LogP contribution is -2.33. The number of hydrogen-bond acceptors (Lipinski definition) is 4. The van der Waals surface area contributed by atoms with Gasteiger partial charge in [-0.15, -0.1) is 0 Å². The lowest BCUT2D eigenvalue weighted by molar-refractivity contribution is 0.397. The summed E-state index contributed by atoms with van der Waals surface area (Å²) in [6.07, 6.45) is 3.22. The average Bonchev–Trinajstić information content (AvgIpc) is 3.09. The molecule has 0 unspecified atom stereocenters. The number of nitrogens with one attached hydrogen (secondary N) is 1. The molecular weight excluding hydrogens is 276 g/mol. The van der Waals surface area contributed by atoms with E-state index in [9.17, 15) is 8.42 Å². The maximum Gasteiger partial charge on any atom is 0.260 e. The first-order valence-electron chi connectivity index (χ1n) is 6.43. The van der Waals surface area contributed by atoms with Crippen molar-refractivity contribution >= 4 is 15.7 Å². The summed E-state index contributed by atoms with van der Waals surface area (Å²) in [5, 5.41) is 6.37. The third-order valence-corrected chi connectivity index (χ3v) is 5.23. The van der Waals surface area contributed by atoms with E-state index >= 15 is 0 Å². The van der Waals surface area contributed by atoms with Gasteiger partial charge in [-0.05, 0) is 30.5 Å². The van der Waals surface area contributed by atoms with Crippen molar-refractivity contribution in [1.29, 1.82) is 0 Å². The zero-order valence-corrected chi connectivity index (χ0v) is 11.7. The summed E-state index contributed by atoms with van der Waals surface area (Å²) in [7, 11) is -3.55. The maximum absolute atomic E-state index is 12.6. The largest absolute Gasteiger partial charge is 0.398 e. The van der Waals surface area contributed by atoms with E-state index in [0.717, 1.165) is 18.4 Å². The zero-order chi connectivity index (χ0) is 14.2. The molecule has 0 amide bonds. The molecule has 1 fully saturated rings. The van der Waals surface area contributed by atoms with Crippen LogP contribution in [-0.2, 0) is 16.6 Å². The van der Waals surface area contributed by atoms with E-state index in [2.05, 4.69) is 10.2 Å². The highest BCUT2D eigenvalue weighted by Crippen LogP contribution is 2.33. The first kappa shape index (κ1) is 13.1. The SMILES string of the molecule is Nc1ccccc1CN(C1CC1)S(=O)(=O)c1ccn[nH]1. The van der Waals surface area contributed by atoms with Gasteiger partial charge in [0.25, 0.3) is 10.0 Å². The normalized spacial score (nSPS) is 15.7. The van der Waals surface area contributed by atoms with Crippen molar-refractivity contribution in [1.82, 2.24) is 14.5 Å². The average molecular weight is 292 g/mol. The first-order valence-corrected chi connectivity index (χ1v) is 7.87. The second-order valence-corrected chi connectivity index (χ2v) is 6.76. The summed E-state index contributed by atoms with van der Waals surface area (Å²) in [5.41, 5.74) is 7.34. The number of sulfonamides is 1. The number of nitrogens with zero attached hydrogens (tertiary/aromatic N) is 2. The van der Waals surface area contributed by atoms with Crippen LogP contribution < -0.4 is 5.73 Å². The second-order valence-electron chi connectivity index (χ2n) is 4.90. The molecule has 3 rings (SSSR count). The third-order valence-electron chi connectivity index (χ3n) is 3.40. The fourth-order valence-corrected chi connectivity index (χ4v) is 3.70. The molecule has 2 aromatic rings. The Morgan fingerprint density at radius 3 is 2.65 bits per heavy atom. The molecule has 1 aromatic carbocycles. The molecule has 7 heteroatoms. The number of benzene rings is 1. The van der Waals surface area contributed by atoms with Crippen molar-refractivity contribution in [2.75, 3.05) is 5.73 Å². The Bertz CT molecular complexity index is 693. The van der Waals surface area contributed by atoms with Gasteiger partial charge < -0.3 is 5.73 Å². The second kappa shape index (κ2) is 4.92. The molecule has 106 valence electrons. The highest BCUT2D eigenvalue weighted by Gasteiger charge is 2.38. The van der Waals surface area contributed by atoms with Crippen molar-refractivity contribution in [3.63, 3.8) is 0 Å². The molecule has 1 aliphatic carbocycles. The standard InChI is InChI=1S/C13H16N4O2S/c14-12-4-2-1-3-10(12)9-17(11-5-6-11)20(18,19)13-7-8-15-16-13/h1-4,7-8,11H,5-6,9,14H2,(H,15,16). The molecular formula is C13H16N4O2S. The number of hydrogen-bond donors (Lipinski definition) is 2. The molecule has 0 bridgehead atoms. The van der Waals surface area contributed by atoms with Crippen LogP contribution in [0.3, 0.4) is 0 Å². The van der Waals surface area contributed by atoms with Crippen LogP contribution >= 0.6 is 0 Å². The van der Waals surface area contributed by atoms with Gasteiger partial charge in [0.2, 0.25) is 0 Å². The minimum absolute atomic E-state index is 0.0582. The highest BCUT2D eigenvalue weighted by molar-refractivity contribution is 7.89. The van der Waals surface area contributed by atoms with Gasteiger partial charge in [0.1, 0.15) is 0 Å². The van der Waals surface area contributed by atoms with Crippen LogP contribution in [0.15, 0.2) is 41.6 Å². The number of rotatable bonds is 5. The fourth-order valence-electron chi connectivity index (χ4n) is 2.13. The predicted octanol–water partition coefficient (Wildman–Crippen LogP) is 1.35. The highest BCUT2D eigenvalue weighted by atomic mass is 32.2. The predicted molar refractivity (Wildman–Crippen MR) is 75.2 cm³/mol. The summed E-state index contributed by atoms with van der Waals surface area (Å²) in [6.45, 7) is 0.290. The minimum Gasteiger partial charge on any atom is -0.398 e. The van der Waals surface area contributed by atoms with Crippen molar-refractivity contribution < 1.29 is 8.42 Å². The van der Waals surface area contributed by atoms with Gasteiger partial charge in [0.15, 0.2) is 5.03 Å². The Hall–Kier alpha value is -1.86. The van der Waals surface area contributed by atoms with Crippen molar-refractivity contribution in [2.45, 2.75) is 30.5 Å². The van der Waals surface area contributed by atoms with Crippen molar-refractivity contribution in [3.8, 4) is 0 Å². The first-order chi connectivity index (χ1) is 9.59. The Balaban J connectivity index is 1.93. The molecule has 0 atom stereocenters. The summed E-state index contributed by atoms with van der Waals surface area (Å²) < 4.78 is 26.7. The van der Waals surface area contributed by atoms with E-state index in [1.807, 2.05) is 18.2 Å². The molecule has 1 aromatic heterocycles. The van der Waals surface area contributed by atoms with Crippen LogP contribution in [0.5, 0.6) is 0 Å². The van der Waals surface area contributed by atoms with Crippen molar-refractivity contribution in [2.24, 2.45) is 0 Å². The molecule has 0 radical (unpaired) electrons. The molecule has 1 heterocycles. The van der Waals surface area contributed by atoms with Gasteiger partial charge in [0.05, 0.1) is 6.20 Å². The lowest BCUT2D eigenvalue weighted by atomic mass is 10.2. The Kier molecular flexibility index (Phi) is 3.23. The molecule has 3 N–H and O–H groups in total. The van der Waals surface area contributed by atoms with Crippen LogP contribution in [0, 0.1) is 0 Å². The molecule has 0 aliphatic heterocycles. The number of nitrogens with two attached hydrogens (primary N) is 1. The Morgan fingerprint density at radius 1 is 1.30 bits per heavy atom. The summed E-state index contributed by atoms with van der Waals surface area (Å²) in [6, 6.07) is 8.86. The fraction of sp³-hybridized carbons (Fsp3) is 0.308. The zero-order valence-electron chi connectivity index (χ0n) is 10.9. The smallest absolute Gasteiger partial charge is 0.260 e. The van der Waals surface area contributed by atoms with Crippen LogP contribution in [0.1, 0.15) is 18.4 Å². The van der Waals surface area contributed by atoms with Crippen LogP contribution in [0.2, 0.25) is 0 Å². The van der Waals surface area contributed by atoms with E-state index in [1.54, 1.807) is 6.07 Å². The number of nitrogen functional groups attached to an aromatic ring is 1. The molecule has 1 saturated carbocycles. The van der Waals surface area contributed by atoms with Gasteiger partial charge >= 0.3 is 0 Å². The van der Waals surface area contributed by atoms with Crippen molar-refractivity contribution in [3.05, 3.63) is 42.1 Å². The van der Waals surface area contributed by atoms with Crippen LogP contribution in [0.4, 0.5) is 5.69 Å². The monoisotopic (exact) mass is 292 g/mol. The van der Waals surface area contributed by atoms with E-state index in [4.69, 9.17) is 5.73 Å². The van der Waals surface area contributed by atoms with Gasteiger partial charge in [-0.3, -0.25) is 5.10 Å². The lowest BCUT2D eigenvalue weighted by Gasteiger charge is -2.21. The number of aromatic nitrogens is 2. The molecule has 0 saturated heterocycles. The molecule has 0 spiro atoms. The molecule has 6 nitrogen and oxygen atoms in total. The number of aromatic amines is 1. The number of para-hydroxylation sites is 1. The van der Waals surface area contributed by atoms with E-state index in [1.165, 1.54) is 16.6 Å². The van der Waals surface area contributed by atoms with Crippen LogP contribution in [0.25, 0.3) is 0 Å². The Labute approximate surface area is 117 Å². The minimum atomic E-state index is -3.55. The summed E-state index contributed by atoms with van der Waals surface area (Å²) >= 11 is 0. The van der Waals surface area contributed by atoms with E-state index < -0.39 is 10.0 Å². The topological polar surface area (TPSA) is 92.1 Å². The van der Waals surface area contributed by atoms with Crippen LogP contribution in [-0.4, -0.2) is 29.0 Å². The summed E-state index contributed by atoms with van der Waals surface area (Å²) in [4.78, 5) is 0. The van der Waals surface area contributed by atoms with E-state index in [-0.39, 0.29) is 11.1 Å². The van der Waals surface area contributed by atoms with Gasteiger partial charge in [-0.1, -0.05) is 18.2 Å². The Morgan fingerprint density at radius 2 is 2.05 bits per heavy atom. The van der Waals surface area contributed by atoms with Gasteiger partial charge in [0, 0.05) is 18.3 Å². The molecule has 1 aliphatic rings. The number of anilines is 1. The third kappa shape index (κ3) is 2.41. The van der Waals surface area contributed by atoms with Gasteiger partial charge in [-0.2, -0.15) is 9.40 Å².